The molecule has 0 unspecified atom stereocenters. The smallest absolute Gasteiger partial charge is 0.225 e. The monoisotopic (exact) mass is 418 g/mol. The van der Waals surface area contributed by atoms with Crippen LogP contribution < -0.4 is 10.6 Å². The molecule has 0 bridgehead atoms. The average molecular weight is 419 g/mol. The van der Waals surface area contributed by atoms with Crippen LogP contribution in [0.25, 0.3) is 5.69 Å². The van der Waals surface area contributed by atoms with Crippen molar-refractivity contribution in [3.05, 3.63) is 41.0 Å². The number of benzene rings is 1. The van der Waals surface area contributed by atoms with Crippen molar-refractivity contribution >= 4 is 29.2 Å². The van der Waals surface area contributed by atoms with Crippen molar-refractivity contribution in [3.63, 3.8) is 0 Å². The lowest BCUT2D eigenvalue weighted by molar-refractivity contribution is -0.121. The Hall–Kier alpha value is -2.34. The zero-order valence-corrected chi connectivity index (χ0v) is 18.6. The molecule has 0 aliphatic rings. The maximum atomic E-state index is 12.5. The third-order valence-corrected chi connectivity index (χ3v) is 4.58. The molecule has 0 atom stereocenters. The van der Waals surface area contributed by atoms with Gasteiger partial charge in [0.25, 0.3) is 0 Å². The van der Waals surface area contributed by atoms with Crippen LogP contribution in [-0.4, -0.2) is 28.1 Å². The summed E-state index contributed by atoms with van der Waals surface area (Å²) in [6, 6.07) is 9.18. The second kappa shape index (κ2) is 9.92. The fourth-order valence-corrected chi connectivity index (χ4v) is 2.76. The van der Waals surface area contributed by atoms with Crippen molar-refractivity contribution in [3.8, 4) is 5.69 Å². The zero-order chi connectivity index (χ0) is 21.6. The van der Waals surface area contributed by atoms with Gasteiger partial charge in [-0.1, -0.05) is 46.2 Å². The molecule has 0 aliphatic carbocycles. The van der Waals surface area contributed by atoms with Crippen LogP contribution in [0.15, 0.2) is 30.3 Å². The molecule has 0 fully saturated rings. The second-order valence-electron chi connectivity index (χ2n) is 8.65. The van der Waals surface area contributed by atoms with Gasteiger partial charge in [-0.25, -0.2) is 4.68 Å². The van der Waals surface area contributed by atoms with E-state index in [9.17, 15) is 9.59 Å². The molecule has 0 aliphatic heterocycles. The van der Waals surface area contributed by atoms with Crippen molar-refractivity contribution in [2.45, 2.75) is 59.3 Å². The molecule has 0 saturated heterocycles. The molecule has 0 saturated carbocycles. The summed E-state index contributed by atoms with van der Waals surface area (Å²) in [6.07, 6.45) is 1.10. The van der Waals surface area contributed by atoms with Crippen LogP contribution in [0.3, 0.4) is 0 Å². The molecule has 0 spiro atoms. The number of nitrogens with one attached hydrogen (secondary N) is 2. The van der Waals surface area contributed by atoms with E-state index in [4.69, 9.17) is 11.6 Å². The number of carbonyl (C=O) groups is 2. The van der Waals surface area contributed by atoms with Crippen LogP contribution in [0.2, 0.25) is 5.02 Å². The summed E-state index contributed by atoms with van der Waals surface area (Å²) in [6.45, 7) is 11.0. The number of aromatic nitrogens is 2. The highest BCUT2D eigenvalue weighted by molar-refractivity contribution is 6.30. The molecule has 7 heteroatoms. The largest absolute Gasteiger partial charge is 0.356 e. The van der Waals surface area contributed by atoms with Crippen molar-refractivity contribution in [2.75, 3.05) is 11.9 Å². The Labute approximate surface area is 178 Å². The summed E-state index contributed by atoms with van der Waals surface area (Å²) < 4.78 is 1.71. The lowest BCUT2D eigenvalue weighted by Crippen LogP contribution is -2.27. The van der Waals surface area contributed by atoms with Crippen LogP contribution in [0, 0.1) is 5.92 Å². The second-order valence-corrected chi connectivity index (χ2v) is 9.09. The van der Waals surface area contributed by atoms with Crippen molar-refractivity contribution < 1.29 is 9.59 Å². The number of anilines is 1. The standard InChI is InChI=1S/C22H31ClN4O2/c1-15(2)14-24-20(28)7-6-8-21(29)25-19-13-18(22(3,4)5)26-27(19)17-11-9-16(23)10-12-17/h9-13,15H,6-8,14H2,1-5H3,(H,24,28)(H,25,29). The molecule has 2 amide bonds. The SMILES string of the molecule is CC(C)CNC(=O)CCCC(=O)Nc1cc(C(C)(C)C)nn1-c1ccc(Cl)cc1. The molecule has 6 nitrogen and oxygen atoms in total. The van der Waals surface area contributed by atoms with Crippen LogP contribution >= 0.6 is 11.6 Å². The zero-order valence-electron chi connectivity index (χ0n) is 17.9. The summed E-state index contributed by atoms with van der Waals surface area (Å²) >= 11 is 5.99. The molecule has 2 N–H and O–H groups in total. The molecule has 158 valence electrons. The molecule has 2 aromatic rings. The molecule has 2 rings (SSSR count). The first kappa shape index (κ1) is 22.9. The van der Waals surface area contributed by atoms with Gasteiger partial charge in [0.05, 0.1) is 11.4 Å². The predicted octanol–water partition coefficient (Wildman–Crippen LogP) is 4.70. The first-order chi connectivity index (χ1) is 13.6. The number of halogens is 1. The number of hydrogen-bond acceptors (Lipinski definition) is 3. The van der Waals surface area contributed by atoms with E-state index < -0.39 is 0 Å². The average Bonchev–Trinajstić information content (AvgIpc) is 3.04. The number of carbonyl (C=O) groups excluding carboxylic acids is 2. The van der Waals surface area contributed by atoms with Gasteiger partial charge >= 0.3 is 0 Å². The number of amides is 2. The quantitative estimate of drug-likeness (QED) is 0.652. The highest BCUT2D eigenvalue weighted by Gasteiger charge is 2.21. The van der Waals surface area contributed by atoms with Crippen LogP contribution in [0.4, 0.5) is 5.82 Å². The number of rotatable bonds is 8. The first-order valence-corrected chi connectivity index (χ1v) is 10.4. The van der Waals surface area contributed by atoms with Crippen molar-refractivity contribution in [1.29, 1.82) is 0 Å². The van der Waals surface area contributed by atoms with Gasteiger partial charge in [0, 0.05) is 35.9 Å². The van der Waals surface area contributed by atoms with E-state index in [0.717, 1.165) is 11.4 Å². The van der Waals surface area contributed by atoms with Gasteiger partial charge in [-0.3, -0.25) is 9.59 Å². The Morgan fingerprint density at radius 3 is 2.31 bits per heavy atom. The fourth-order valence-electron chi connectivity index (χ4n) is 2.64. The molecule has 1 aromatic heterocycles. The highest BCUT2D eigenvalue weighted by Crippen LogP contribution is 2.27. The van der Waals surface area contributed by atoms with E-state index in [2.05, 4.69) is 36.5 Å². The van der Waals surface area contributed by atoms with E-state index in [1.165, 1.54) is 0 Å². The minimum absolute atomic E-state index is 0.0206. The first-order valence-electron chi connectivity index (χ1n) is 9.99. The molecule has 0 radical (unpaired) electrons. The third-order valence-electron chi connectivity index (χ3n) is 4.33. The van der Waals surface area contributed by atoms with Crippen LogP contribution in [0.5, 0.6) is 0 Å². The maximum Gasteiger partial charge on any atom is 0.225 e. The minimum atomic E-state index is -0.161. The van der Waals surface area contributed by atoms with E-state index in [0.29, 0.717) is 36.1 Å². The third kappa shape index (κ3) is 7.20. The van der Waals surface area contributed by atoms with E-state index in [1.807, 2.05) is 32.0 Å². The molecule has 1 aromatic carbocycles. The Morgan fingerprint density at radius 2 is 1.72 bits per heavy atom. The topological polar surface area (TPSA) is 76.0 Å². The van der Waals surface area contributed by atoms with Gasteiger partial charge < -0.3 is 10.6 Å². The van der Waals surface area contributed by atoms with Crippen molar-refractivity contribution in [1.82, 2.24) is 15.1 Å². The maximum absolute atomic E-state index is 12.5. The summed E-state index contributed by atoms with van der Waals surface area (Å²) in [5.74, 6) is 0.851. The lowest BCUT2D eigenvalue weighted by Gasteiger charge is -2.14. The normalized spacial score (nSPS) is 11.6. The fraction of sp³-hybridized carbons (Fsp3) is 0.500. The summed E-state index contributed by atoms with van der Waals surface area (Å²) in [4.78, 5) is 24.3. The summed E-state index contributed by atoms with van der Waals surface area (Å²) in [5, 5.41) is 11.1. The van der Waals surface area contributed by atoms with Crippen LogP contribution in [-0.2, 0) is 15.0 Å². The van der Waals surface area contributed by atoms with Gasteiger partial charge in [-0.15, -0.1) is 0 Å². The van der Waals surface area contributed by atoms with Gasteiger partial charge in [0.1, 0.15) is 5.82 Å². The molecular weight excluding hydrogens is 388 g/mol. The van der Waals surface area contributed by atoms with E-state index >= 15 is 0 Å². The highest BCUT2D eigenvalue weighted by atomic mass is 35.5. The van der Waals surface area contributed by atoms with E-state index in [-0.39, 0.29) is 23.7 Å². The Balaban J connectivity index is 2.05. The predicted molar refractivity (Wildman–Crippen MR) is 118 cm³/mol. The molecule has 29 heavy (non-hydrogen) atoms. The van der Waals surface area contributed by atoms with Crippen LogP contribution in [0.1, 0.15) is 59.6 Å². The minimum Gasteiger partial charge on any atom is -0.356 e. The van der Waals surface area contributed by atoms with Gasteiger partial charge in [0.15, 0.2) is 0 Å². The Morgan fingerprint density at radius 1 is 1.10 bits per heavy atom. The number of nitrogens with zero attached hydrogens (tertiary/aromatic N) is 2. The summed E-state index contributed by atoms with van der Waals surface area (Å²) in [5.41, 5.74) is 1.52. The Kier molecular flexibility index (Phi) is 7.85. The molecular formula is C22H31ClN4O2. The molecule has 1 heterocycles. The van der Waals surface area contributed by atoms with E-state index in [1.54, 1.807) is 16.8 Å². The summed E-state index contributed by atoms with van der Waals surface area (Å²) in [7, 11) is 0. The van der Waals surface area contributed by atoms with Gasteiger partial charge in [-0.2, -0.15) is 5.10 Å². The number of hydrogen-bond donors (Lipinski definition) is 2. The Bertz CT molecular complexity index is 835. The van der Waals surface area contributed by atoms with Gasteiger partial charge in [-0.05, 0) is 36.6 Å². The van der Waals surface area contributed by atoms with Gasteiger partial charge in [0.2, 0.25) is 11.8 Å². The van der Waals surface area contributed by atoms with Crippen molar-refractivity contribution in [2.24, 2.45) is 5.92 Å². The lowest BCUT2D eigenvalue weighted by atomic mass is 9.92.